The summed E-state index contributed by atoms with van der Waals surface area (Å²) in [6, 6.07) is 13.3. The molecule has 3 heterocycles. The first-order valence-corrected chi connectivity index (χ1v) is 12.5. The van der Waals surface area contributed by atoms with Crippen molar-refractivity contribution in [3.63, 3.8) is 0 Å². The maximum atomic E-state index is 12.1. The van der Waals surface area contributed by atoms with Crippen molar-refractivity contribution in [3.05, 3.63) is 66.4 Å². The molecule has 1 saturated carbocycles. The molecule has 192 valence electrons. The monoisotopic (exact) mass is 500 g/mol. The average Bonchev–Trinajstić information content (AvgIpc) is 3.27. The molecule has 2 amide bonds. The van der Waals surface area contributed by atoms with Gasteiger partial charge in [-0.25, -0.2) is 0 Å². The largest absolute Gasteiger partial charge is 0.489 e. The van der Waals surface area contributed by atoms with Crippen LogP contribution >= 0.6 is 0 Å². The van der Waals surface area contributed by atoms with Gasteiger partial charge < -0.3 is 19.9 Å². The summed E-state index contributed by atoms with van der Waals surface area (Å²) in [5, 5.41) is 7.09. The van der Waals surface area contributed by atoms with Crippen molar-refractivity contribution in [1.29, 1.82) is 0 Å². The highest BCUT2D eigenvalue weighted by Gasteiger charge is 2.44. The van der Waals surface area contributed by atoms with Crippen LogP contribution in [0.1, 0.15) is 54.0 Å². The van der Waals surface area contributed by atoms with Crippen molar-refractivity contribution in [2.75, 3.05) is 30.4 Å². The third kappa shape index (κ3) is 4.06. The van der Waals surface area contributed by atoms with Crippen molar-refractivity contribution in [2.24, 2.45) is 0 Å². The fourth-order valence-electron chi connectivity index (χ4n) is 5.49. The van der Waals surface area contributed by atoms with Gasteiger partial charge in [0.15, 0.2) is 0 Å². The number of fused-ring (bicyclic) bond motifs is 5. The van der Waals surface area contributed by atoms with Crippen LogP contribution in [0.2, 0.25) is 0 Å². The minimum absolute atomic E-state index is 0.0126. The lowest BCUT2D eigenvalue weighted by Gasteiger charge is -2.47. The molecule has 2 N–H and O–H groups in total. The molecule has 1 aliphatic carbocycles. The number of anilines is 2. The Morgan fingerprint density at radius 2 is 1.95 bits per heavy atom. The normalized spacial score (nSPS) is 18.2. The standard InChI is InChI=1S/C15H14N2O2.C14H18N2O2/c18-8-10-2-3-11-7-13-14(19)16-9-15(4-1-5-15)17(13)12(11)6-10;1-5-13(17)16-11-8-10(15-4)6-7-12(11)18-9-14(16,2)3/h2-3,6-8H,1,4-5,9H2,(H,16,19);5-8,15H,1,9H2,2-4H3. The number of carbonyl (C=O) groups is 3. The molecule has 0 radical (unpaired) electrons. The molecule has 8 nitrogen and oxygen atoms in total. The van der Waals surface area contributed by atoms with E-state index in [1.165, 1.54) is 12.5 Å². The van der Waals surface area contributed by atoms with E-state index in [1.54, 1.807) is 11.0 Å². The zero-order valence-electron chi connectivity index (χ0n) is 21.5. The van der Waals surface area contributed by atoms with Gasteiger partial charge >= 0.3 is 0 Å². The Morgan fingerprint density at radius 3 is 2.59 bits per heavy atom. The zero-order valence-corrected chi connectivity index (χ0v) is 21.5. The van der Waals surface area contributed by atoms with E-state index in [1.807, 2.05) is 57.3 Å². The summed E-state index contributed by atoms with van der Waals surface area (Å²) in [6.07, 6.45) is 5.58. The number of ether oxygens (including phenoxy) is 1. The molecule has 1 spiro atoms. The van der Waals surface area contributed by atoms with Crippen LogP contribution in [-0.4, -0.2) is 48.4 Å². The van der Waals surface area contributed by atoms with E-state index in [0.717, 1.165) is 52.8 Å². The first kappa shape index (κ1) is 24.6. The number of nitrogens with zero attached hydrogens (tertiary/aromatic N) is 2. The van der Waals surface area contributed by atoms with Gasteiger partial charge in [0.05, 0.1) is 16.8 Å². The van der Waals surface area contributed by atoms with Gasteiger partial charge in [0.1, 0.15) is 24.3 Å². The van der Waals surface area contributed by atoms with E-state index < -0.39 is 0 Å². The molecular weight excluding hydrogens is 468 g/mol. The lowest BCUT2D eigenvalue weighted by atomic mass is 9.75. The van der Waals surface area contributed by atoms with Crippen LogP contribution in [0.5, 0.6) is 5.75 Å². The quantitative estimate of drug-likeness (QED) is 0.408. The van der Waals surface area contributed by atoms with Gasteiger partial charge in [0.2, 0.25) is 0 Å². The molecule has 1 fully saturated rings. The first-order valence-electron chi connectivity index (χ1n) is 12.5. The van der Waals surface area contributed by atoms with Gasteiger partial charge in [-0.1, -0.05) is 18.7 Å². The molecule has 37 heavy (non-hydrogen) atoms. The molecule has 0 unspecified atom stereocenters. The van der Waals surface area contributed by atoms with Gasteiger partial charge in [-0.05, 0) is 69.5 Å². The second kappa shape index (κ2) is 9.10. The maximum absolute atomic E-state index is 12.1. The van der Waals surface area contributed by atoms with Crippen LogP contribution in [0, 0.1) is 0 Å². The lowest BCUT2D eigenvalue weighted by Crippen LogP contribution is -2.55. The Kier molecular flexibility index (Phi) is 6.06. The van der Waals surface area contributed by atoms with Crippen molar-refractivity contribution in [2.45, 2.75) is 44.2 Å². The van der Waals surface area contributed by atoms with Crippen LogP contribution in [0.4, 0.5) is 11.4 Å². The highest BCUT2D eigenvalue weighted by molar-refractivity contribution is 6.04. The summed E-state index contributed by atoms with van der Waals surface area (Å²) in [4.78, 5) is 36.8. The highest BCUT2D eigenvalue weighted by Crippen LogP contribution is 2.44. The van der Waals surface area contributed by atoms with E-state index in [9.17, 15) is 14.4 Å². The second-order valence-corrected chi connectivity index (χ2v) is 10.5. The topological polar surface area (TPSA) is 92.7 Å². The Labute approximate surface area is 216 Å². The summed E-state index contributed by atoms with van der Waals surface area (Å²) in [5.74, 6) is 0.600. The number of amides is 2. The lowest BCUT2D eigenvalue weighted by molar-refractivity contribution is -0.115. The van der Waals surface area contributed by atoms with Crippen LogP contribution < -0.4 is 20.3 Å². The minimum atomic E-state index is -0.384. The molecule has 0 bridgehead atoms. The number of benzene rings is 2. The Hall–Kier alpha value is -4.07. The molecule has 3 aliphatic rings. The second-order valence-electron chi connectivity index (χ2n) is 10.5. The number of aldehydes is 1. The smallest absolute Gasteiger partial charge is 0.268 e. The number of aromatic nitrogens is 1. The molecular formula is C29H32N4O4. The Morgan fingerprint density at radius 1 is 1.16 bits per heavy atom. The van der Waals surface area contributed by atoms with Crippen LogP contribution in [0.25, 0.3) is 10.9 Å². The van der Waals surface area contributed by atoms with Gasteiger partial charge in [-0.3, -0.25) is 19.3 Å². The summed E-state index contributed by atoms with van der Waals surface area (Å²) in [7, 11) is 1.84. The van der Waals surface area contributed by atoms with Crippen LogP contribution in [0.15, 0.2) is 55.1 Å². The van der Waals surface area contributed by atoms with Crippen LogP contribution in [0.3, 0.4) is 0 Å². The third-order valence-corrected chi connectivity index (χ3v) is 7.60. The zero-order chi connectivity index (χ0) is 26.4. The minimum Gasteiger partial charge on any atom is -0.489 e. The Bertz CT molecular complexity index is 1420. The summed E-state index contributed by atoms with van der Waals surface area (Å²) >= 11 is 0. The third-order valence-electron chi connectivity index (χ3n) is 7.60. The molecule has 6 rings (SSSR count). The SMILES string of the molecule is C=CC(=O)N1c2cc(NC)ccc2OCC1(C)C.O=Cc1ccc2cc3n(c2c1)C1(CCC1)CNC3=O. The van der Waals surface area contributed by atoms with Gasteiger partial charge in [-0.15, -0.1) is 0 Å². The van der Waals surface area contributed by atoms with Gasteiger partial charge in [0, 0.05) is 35.7 Å². The first-order chi connectivity index (χ1) is 17.7. The fraction of sp³-hybridized carbons (Fsp3) is 0.345. The van der Waals surface area contributed by atoms with Gasteiger partial charge in [0.25, 0.3) is 11.8 Å². The molecule has 3 aromatic rings. The van der Waals surface area contributed by atoms with Crippen molar-refractivity contribution < 1.29 is 19.1 Å². The molecule has 0 atom stereocenters. The summed E-state index contributed by atoms with van der Waals surface area (Å²) < 4.78 is 7.87. The number of rotatable bonds is 3. The molecule has 2 aliphatic heterocycles. The van der Waals surface area contributed by atoms with Crippen molar-refractivity contribution in [3.8, 4) is 5.75 Å². The number of carbonyl (C=O) groups excluding carboxylic acids is 3. The predicted molar refractivity (Wildman–Crippen MR) is 145 cm³/mol. The number of hydrogen-bond donors (Lipinski definition) is 2. The summed E-state index contributed by atoms with van der Waals surface area (Å²) in [6.45, 7) is 8.69. The van der Waals surface area contributed by atoms with Crippen molar-refractivity contribution in [1.82, 2.24) is 9.88 Å². The average molecular weight is 501 g/mol. The fourth-order valence-corrected chi connectivity index (χ4v) is 5.49. The van der Waals surface area contributed by atoms with E-state index in [4.69, 9.17) is 4.74 Å². The molecule has 0 saturated heterocycles. The molecule has 8 heteroatoms. The Balaban J connectivity index is 0.000000152. The molecule has 1 aromatic heterocycles. The van der Waals surface area contributed by atoms with E-state index in [2.05, 4.69) is 21.8 Å². The van der Waals surface area contributed by atoms with E-state index in [-0.39, 0.29) is 22.9 Å². The predicted octanol–water partition coefficient (Wildman–Crippen LogP) is 4.49. The van der Waals surface area contributed by atoms with E-state index >= 15 is 0 Å². The number of hydrogen-bond acceptors (Lipinski definition) is 5. The highest BCUT2D eigenvalue weighted by atomic mass is 16.5. The van der Waals surface area contributed by atoms with E-state index in [0.29, 0.717) is 18.7 Å². The van der Waals surface area contributed by atoms with Crippen molar-refractivity contribution >= 4 is 40.4 Å². The number of nitrogens with one attached hydrogen (secondary N) is 2. The van der Waals surface area contributed by atoms with Gasteiger partial charge in [-0.2, -0.15) is 0 Å². The molecule has 2 aromatic carbocycles. The maximum Gasteiger partial charge on any atom is 0.268 e. The van der Waals surface area contributed by atoms with Crippen LogP contribution in [-0.2, 0) is 10.3 Å². The summed E-state index contributed by atoms with van der Waals surface area (Å²) in [5.41, 5.74) is 3.77.